The molecule has 92 valence electrons. The SMILES string of the molecule is CC1CC2CCCCC2N1CC1CCOC1. The first-order valence-corrected chi connectivity index (χ1v) is 7.18. The van der Waals surface area contributed by atoms with Gasteiger partial charge in [0.1, 0.15) is 0 Å². The van der Waals surface area contributed by atoms with Crippen molar-refractivity contribution < 1.29 is 4.74 Å². The van der Waals surface area contributed by atoms with Gasteiger partial charge < -0.3 is 4.74 Å². The Bertz CT molecular complexity index is 237. The maximum Gasteiger partial charge on any atom is 0.0507 e. The maximum absolute atomic E-state index is 5.51. The molecule has 2 aliphatic heterocycles. The molecule has 2 heteroatoms. The molecule has 0 aromatic rings. The van der Waals surface area contributed by atoms with E-state index in [-0.39, 0.29) is 0 Å². The number of nitrogens with zero attached hydrogens (tertiary/aromatic N) is 1. The van der Waals surface area contributed by atoms with Gasteiger partial charge in [-0.2, -0.15) is 0 Å². The molecule has 4 unspecified atom stereocenters. The van der Waals surface area contributed by atoms with Crippen LogP contribution in [0, 0.1) is 11.8 Å². The molecule has 2 saturated heterocycles. The minimum Gasteiger partial charge on any atom is -0.381 e. The molecule has 0 radical (unpaired) electrons. The van der Waals surface area contributed by atoms with Gasteiger partial charge in [-0.05, 0) is 44.4 Å². The van der Waals surface area contributed by atoms with Crippen LogP contribution >= 0.6 is 0 Å². The van der Waals surface area contributed by atoms with Crippen LogP contribution in [-0.2, 0) is 4.74 Å². The predicted octanol–water partition coefficient (Wildman–Crippen LogP) is 2.68. The topological polar surface area (TPSA) is 12.5 Å². The highest BCUT2D eigenvalue weighted by Crippen LogP contribution is 2.40. The minimum atomic E-state index is 0.822. The Balaban J connectivity index is 1.63. The average molecular weight is 223 g/mol. The largest absolute Gasteiger partial charge is 0.381 e. The first-order chi connectivity index (χ1) is 7.84. The normalized spacial score (nSPS) is 44.8. The molecule has 16 heavy (non-hydrogen) atoms. The zero-order valence-corrected chi connectivity index (χ0v) is 10.5. The van der Waals surface area contributed by atoms with Gasteiger partial charge in [0.2, 0.25) is 0 Å². The van der Waals surface area contributed by atoms with Gasteiger partial charge in [-0.25, -0.2) is 0 Å². The van der Waals surface area contributed by atoms with Crippen LogP contribution in [0.1, 0.15) is 45.4 Å². The molecule has 1 aliphatic carbocycles. The summed E-state index contributed by atoms with van der Waals surface area (Å²) in [5.41, 5.74) is 0. The second kappa shape index (κ2) is 4.66. The highest BCUT2D eigenvalue weighted by atomic mass is 16.5. The molecule has 1 saturated carbocycles. The summed E-state index contributed by atoms with van der Waals surface area (Å²) >= 11 is 0. The smallest absolute Gasteiger partial charge is 0.0507 e. The zero-order chi connectivity index (χ0) is 11.0. The van der Waals surface area contributed by atoms with Gasteiger partial charge in [0.05, 0.1) is 6.61 Å². The lowest BCUT2D eigenvalue weighted by Gasteiger charge is -2.34. The molecule has 0 spiro atoms. The van der Waals surface area contributed by atoms with Crippen LogP contribution in [0.5, 0.6) is 0 Å². The van der Waals surface area contributed by atoms with Gasteiger partial charge in [0.25, 0.3) is 0 Å². The molecule has 0 amide bonds. The van der Waals surface area contributed by atoms with Crippen molar-refractivity contribution in [3.63, 3.8) is 0 Å². The van der Waals surface area contributed by atoms with Crippen LogP contribution in [0.4, 0.5) is 0 Å². The van der Waals surface area contributed by atoms with Crippen LogP contribution in [0.25, 0.3) is 0 Å². The van der Waals surface area contributed by atoms with Crippen molar-refractivity contribution in [3.8, 4) is 0 Å². The Morgan fingerprint density at radius 1 is 1.19 bits per heavy atom. The summed E-state index contributed by atoms with van der Waals surface area (Å²) in [4.78, 5) is 2.82. The molecule has 0 N–H and O–H groups in total. The monoisotopic (exact) mass is 223 g/mol. The van der Waals surface area contributed by atoms with Crippen LogP contribution < -0.4 is 0 Å². The molecule has 0 aromatic heterocycles. The number of fused-ring (bicyclic) bond motifs is 1. The highest BCUT2D eigenvalue weighted by molar-refractivity contribution is 4.94. The summed E-state index contributed by atoms with van der Waals surface area (Å²) in [7, 11) is 0. The van der Waals surface area contributed by atoms with Crippen molar-refractivity contribution in [2.75, 3.05) is 19.8 Å². The van der Waals surface area contributed by atoms with E-state index < -0.39 is 0 Å². The first kappa shape index (κ1) is 11.0. The van der Waals surface area contributed by atoms with E-state index in [1.54, 1.807) is 0 Å². The average Bonchev–Trinajstić information content (AvgIpc) is 2.89. The Labute approximate surface area is 99.3 Å². The highest BCUT2D eigenvalue weighted by Gasteiger charge is 2.40. The molecule has 3 aliphatic rings. The van der Waals surface area contributed by atoms with Gasteiger partial charge in [0, 0.05) is 25.2 Å². The number of rotatable bonds is 2. The standard InChI is InChI=1S/C14H25NO/c1-11-8-13-4-2-3-5-14(13)15(11)9-12-6-7-16-10-12/h11-14H,2-10H2,1H3. The van der Waals surface area contributed by atoms with Crippen LogP contribution in [0.15, 0.2) is 0 Å². The second-order valence-corrected chi connectivity index (χ2v) is 6.12. The number of ether oxygens (including phenoxy) is 1. The van der Waals surface area contributed by atoms with Crippen molar-refractivity contribution in [2.24, 2.45) is 11.8 Å². The second-order valence-electron chi connectivity index (χ2n) is 6.12. The quantitative estimate of drug-likeness (QED) is 0.713. The van der Waals surface area contributed by atoms with Gasteiger partial charge in [-0.15, -0.1) is 0 Å². The van der Waals surface area contributed by atoms with Gasteiger partial charge >= 0.3 is 0 Å². The van der Waals surface area contributed by atoms with E-state index >= 15 is 0 Å². The number of likely N-dealkylation sites (tertiary alicyclic amines) is 1. The van der Waals surface area contributed by atoms with E-state index in [9.17, 15) is 0 Å². The van der Waals surface area contributed by atoms with E-state index in [1.165, 1.54) is 45.1 Å². The Kier molecular flexibility index (Phi) is 3.21. The molecule has 2 heterocycles. The third kappa shape index (κ3) is 2.02. The summed E-state index contributed by atoms with van der Waals surface area (Å²) in [6.07, 6.45) is 8.65. The summed E-state index contributed by atoms with van der Waals surface area (Å²) in [6.45, 7) is 5.76. The van der Waals surface area contributed by atoms with Gasteiger partial charge in [0.15, 0.2) is 0 Å². The Morgan fingerprint density at radius 2 is 2.06 bits per heavy atom. The zero-order valence-electron chi connectivity index (χ0n) is 10.5. The summed E-state index contributed by atoms with van der Waals surface area (Å²) in [6, 6.07) is 1.75. The van der Waals surface area contributed by atoms with Crippen molar-refractivity contribution in [1.29, 1.82) is 0 Å². The Hall–Kier alpha value is -0.0800. The predicted molar refractivity (Wildman–Crippen MR) is 65.5 cm³/mol. The van der Waals surface area contributed by atoms with E-state index in [0.717, 1.165) is 37.1 Å². The molecule has 3 rings (SSSR count). The summed E-state index contributed by atoms with van der Waals surface area (Å²) in [5, 5.41) is 0. The number of hydrogen-bond donors (Lipinski definition) is 0. The van der Waals surface area contributed by atoms with Crippen molar-refractivity contribution in [3.05, 3.63) is 0 Å². The molecule has 2 nitrogen and oxygen atoms in total. The Morgan fingerprint density at radius 3 is 2.88 bits per heavy atom. The van der Waals surface area contributed by atoms with E-state index in [4.69, 9.17) is 4.74 Å². The molecular formula is C14H25NO. The summed E-state index contributed by atoms with van der Waals surface area (Å²) in [5.74, 6) is 1.84. The molecular weight excluding hydrogens is 198 g/mol. The van der Waals surface area contributed by atoms with Gasteiger partial charge in [-0.1, -0.05) is 12.8 Å². The van der Waals surface area contributed by atoms with Crippen LogP contribution in [-0.4, -0.2) is 36.7 Å². The van der Waals surface area contributed by atoms with Crippen LogP contribution in [0.3, 0.4) is 0 Å². The fourth-order valence-electron chi connectivity index (χ4n) is 4.14. The summed E-state index contributed by atoms with van der Waals surface area (Å²) < 4.78 is 5.51. The first-order valence-electron chi connectivity index (χ1n) is 7.18. The maximum atomic E-state index is 5.51. The lowest BCUT2D eigenvalue weighted by molar-refractivity contribution is 0.121. The minimum absolute atomic E-state index is 0.822. The fourth-order valence-corrected chi connectivity index (χ4v) is 4.14. The molecule has 0 aromatic carbocycles. The lowest BCUT2D eigenvalue weighted by atomic mass is 9.84. The molecule has 4 atom stereocenters. The third-order valence-corrected chi connectivity index (χ3v) is 5.00. The van der Waals surface area contributed by atoms with Crippen molar-refractivity contribution in [2.45, 2.75) is 57.5 Å². The van der Waals surface area contributed by atoms with E-state index in [2.05, 4.69) is 11.8 Å². The van der Waals surface area contributed by atoms with E-state index in [0.29, 0.717) is 0 Å². The fraction of sp³-hybridized carbons (Fsp3) is 1.00. The van der Waals surface area contributed by atoms with Gasteiger partial charge in [-0.3, -0.25) is 4.90 Å². The van der Waals surface area contributed by atoms with E-state index in [1.807, 2.05) is 0 Å². The molecule has 3 fully saturated rings. The molecule has 0 bridgehead atoms. The number of hydrogen-bond acceptors (Lipinski definition) is 2. The lowest BCUT2D eigenvalue weighted by Crippen LogP contribution is -2.41. The van der Waals surface area contributed by atoms with Crippen molar-refractivity contribution in [1.82, 2.24) is 4.90 Å². The van der Waals surface area contributed by atoms with Crippen LogP contribution in [0.2, 0.25) is 0 Å². The van der Waals surface area contributed by atoms with Crippen molar-refractivity contribution >= 4 is 0 Å². The third-order valence-electron chi connectivity index (χ3n) is 5.00.